The van der Waals surface area contributed by atoms with Gasteiger partial charge in [0.05, 0.1) is 0 Å². The van der Waals surface area contributed by atoms with Gasteiger partial charge in [0.25, 0.3) is 0 Å². The van der Waals surface area contributed by atoms with E-state index < -0.39 is 11.2 Å². The predicted molar refractivity (Wildman–Crippen MR) is 172 cm³/mol. The number of rotatable bonds is 8. The van der Waals surface area contributed by atoms with Crippen LogP contribution in [0.25, 0.3) is 12.2 Å². The third-order valence-corrected chi connectivity index (χ3v) is 7.84. The molecule has 0 aliphatic carbocycles. The Morgan fingerprint density at radius 1 is 0.310 bits per heavy atom. The second kappa shape index (κ2) is 11.8. The molecule has 0 spiro atoms. The van der Waals surface area contributed by atoms with Crippen LogP contribution in [0.5, 0.6) is 0 Å². The Morgan fingerprint density at radius 2 is 0.571 bits per heavy atom. The van der Waals surface area contributed by atoms with Gasteiger partial charge in [-0.25, -0.2) is 0 Å². The third-order valence-electron chi connectivity index (χ3n) is 7.84. The summed E-state index contributed by atoms with van der Waals surface area (Å²) in [6.45, 7) is 0. The van der Waals surface area contributed by atoms with E-state index in [1.54, 1.807) is 0 Å². The summed E-state index contributed by atoms with van der Waals surface area (Å²) in [6.07, 6.45) is 4.09. The molecule has 0 bridgehead atoms. The lowest BCUT2D eigenvalue weighted by Gasteiger charge is -2.30. The van der Waals surface area contributed by atoms with E-state index in [4.69, 9.17) is 0 Å². The molecular weight excluding hydrogens is 512 g/mol. The Kier molecular flexibility index (Phi) is 7.66. The highest BCUT2D eigenvalue weighted by Crippen LogP contribution is 2.38. The summed E-state index contributed by atoms with van der Waals surface area (Å²) < 4.78 is 0. The van der Waals surface area contributed by atoms with E-state index >= 15 is 0 Å². The maximum Gasteiger partial charge on any atom is 0.140 e. The Labute approximate surface area is 247 Å². The van der Waals surface area contributed by atoms with Gasteiger partial charge in [0.2, 0.25) is 0 Å². The molecular formula is C40H32O2. The van der Waals surface area contributed by atoms with Crippen LogP contribution >= 0.6 is 0 Å². The molecule has 2 nitrogen and oxygen atoms in total. The zero-order chi connectivity index (χ0) is 28.8. The van der Waals surface area contributed by atoms with Crippen LogP contribution in [0.2, 0.25) is 0 Å². The summed E-state index contributed by atoms with van der Waals surface area (Å²) in [5, 5.41) is 24.5. The largest absolute Gasteiger partial charge is 0.376 e. The minimum atomic E-state index is -1.30. The quantitative estimate of drug-likeness (QED) is 0.149. The van der Waals surface area contributed by atoms with Crippen molar-refractivity contribution in [1.29, 1.82) is 0 Å². The first-order valence-electron chi connectivity index (χ1n) is 14.1. The minimum Gasteiger partial charge on any atom is -0.376 e. The van der Waals surface area contributed by atoms with Crippen molar-refractivity contribution in [3.8, 4) is 0 Å². The Balaban J connectivity index is 1.37. The van der Waals surface area contributed by atoms with Gasteiger partial charge >= 0.3 is 0 Å². The fourth-order valence-corrected chi connectivity index (χ4v) is 5.64. The highest BCUT2D eigenvalue weighted by atomic mass is 16.3. The molecule has 6 aromatic rings. The normalized spacial score (nSPS) is 12.0. The highest BCUT2D eigenvalue weighted by Gasteiger charge is 2.34. The van der Waals surface area contributed by atoms with E-state index in [-0.39, 0.29) is 0 Å². The van der Waals surface area contributed by atoms with E-state index in [2.05, 4.69) is 0 Å². The molecule has 6 aromatic carbocycles. The van der Waals surface area contributed by atoms with Gasteiger partial charge in [0, 0.05) is 0 Å². The summed E-state index contributed by atoms with van der Waals surface area (Å²) in [4.78, 5) is 0. The van der Waals surface area contributed by atoms with E-state index in [0.717, 1.165) is 44.5 Å². The second-order valence-corrected chi connectivity index (χ2v) is 10.5. The molecule has 0 saturated heterocycles. The SMILES string of the molecule is OC(c1ccccc1)(c1ccccc1)c1cccc(/C=C\c2cccc(C(O)(c3ccccc3)c3ccccc3)c2)c1. The Hall–Kier alpha value is -5.02. The molecule has 0 amide bonds. The monoisotopic (exact) mass is 544 g/mol. The zero-order valence-corrected chi connectivity index (χ0v) is 23.2. The van der Waals surface area contributed by atoms with E-state index in [9.17, 15) is 10.2 Å². The molecule has 0 saturated carbocycles. The van der Waals surface area contributed by atoms with Crippen molar-refractivity contribution >= 4 is 12.2 Å². The maximum absolute atomic E-state index is 12.2. The topological polar surface area (TPSA) is 40.5 Å². The van der Waals surface area contributed by atoms with Gasteiger partial charge in [-0.15, -0.1) is 0 Å². The van der Waals surface area contributed by atoms with Crippen LogP contribution in [0.1, 0.15) is 44.5 Å². The van der Waals surface area contributed by atoms with Crippen molar-refractivity contribution in [2.24, 2.45) is 0 Å². The average Bonchev–Trinajstić information content (AvgIpc) is 3.08. The summed E-state index contributed by atoms with van der Waals surface area (Å²) in [5.41, 5.74) is 4.16. The Morgan fingerprint density at radius 3 is 0.857 bits per heavy atom. The fraction of sp³-hybridized carbons (Fsp3) is 0.0500. The van der Waals surface area contributed by atoms with E-state index in [1.165, 1.54) is 0 Å². The standard InChI is InChI=1S/C40H32O2/c41-39(33-17-5-1-6-18-33,34-19-7-2-8-20-34)37-25-13-15-31(29-37)27-28-32-16-14-26-38(30-32)40(42,35-21-9-3-10-22-35)36-23-11-4-12-24-36/h1-30,41-42H/b28-27-. The van der Waals surface area contributed by atoms with E-state index in [0.29, 0.717) is 0 Å². The van der Waals surface area contributed by atoms with Gasteiger partial charge in [0.15, 0.2) is 0 Å². The fourth-order valence-electron chi connectivity index (χ4n) is 5.64. The van der Waals surface area contributed by atoms with Crippen LogP contribution in [-0.4, -0.2) is 10.2 Å². The Bertz CT molecular complexity index is 1560. The zero-order valence-electron chi connectivity index (χ0n) is 23.2. The van der Waals surface area contributed by atoms with Gasteiger partial charge in [-0.3, -0.25) is 0 Å². The summed E-state index contributed by atoms with van der Waals surface area (Å²) in [7, 11) is 0. The lowest BCUT2D eigenvalue weighted by molar-refractivity contribution is 0.125. The molecule has 0 heterocycles. The molecule has 42 heavy (non-hydrogen) atoms. The first kappa shape index (κ1) is 27.2. The van der Waals surface area contributed by atoms with Crippen molar-refractivity contribution in [2.75, 3.05) is 0 Å². The van der Waals surface area contributed by atoms with Crippen molar-refractivity contribution in [1.82, 2.24) is 0 Å². The molecule has 6 rings (SSSR count). The third kappa shape index (κ3) is 5.22. The molecule has 2 N–H and O–H groups in total. The first-order chi connectivity index (χ1) is 20.6. The van der Waals surface area contributed by atoms with Crippen LogP contribution in [0.4, 0.5) is 0 Å². The number of hydrogen-bond donors (Lipinski definition) is 2. The molecule has 2 heteroatoms. The first-order valence-corrected chi connectivity index (χ1v) is 14.1. The van der Waals surface area contributed by atoms with Crippen LogP contribution < -0.4 is 0 Å². The molecule has 204 valence electrons. The second-order valence-electron chi connectivity index (χ2n) is 10.5. The summed E-state index contributed by atoms with van der Waals surface area (Å²) >= 11 is 0. The molecule has 0 aliphatic rings. The van der Waals surface area contributed by atoms with E-state index in [1.807, 2.05) is 182 Å². The number of aliphatic hydroxyl groups is 2. The van der Waals surface area contributed by atoms with Gasteiger partial charge < -0.3 is 10.2 Å². The van der Waals surface area contributed by atoms with Crippen molar-refractivity contribution in [2.45, 2.75) is 11.2 Å². The van der Waals surface area contributed by atoms with Crippen molar-refractivity contribution < 1.29 is 10.2 Å². The predicted octanol–water partition coefficient (Wildman–Crippen LogP) is 8.43. The summed E-state index contributed by atoms with van der Waals surface area (Å²) in [6, 6.07) is 55.1. The molecule has 0 atom stereocenters. The van der Waals surface area contributed by atoms with Gasteiger partial charge in [-0.1, -0.05) is 170 Å². The van der Waals surface area contributed by atoms with Crippen molar-refractivity contribution in [3.05, 3.63) is 214 Å². The molecule has 0 aliphatic heterocycles. The highest BCUT2D eigenvalue weighted by molar-refractivity contribution is 5.71. The lowest BCUT2D eigenvalue weighted by atomic mass is 9.79. The van der Waals surface area contributed by atoms with Crippen molar-refractivity contribution in [3.63, 3.8) is 0 Å². The summed E-state index contributed by atoms with van der Waals surface area (Å²) in [5.74, 6) is 0. The molecule has 0 radical (unpaired) electrons. The smallest absolute Gasteiger partial charge is 0.140 e. The van der Waals surface area contributed by atoms with Crippen LogP contribution in [0, 0.1) is 0 Å². The van der Waals surface area contributed by atoms with Gasteiger partial charge in [0.1, 0.15) is 11.2 Å². The average molecular weight is 545 g/mol. The molecule has 0 fully saturated rings. The lowest BCUT2D eigenvalue weighted by Crippen LogP contribution is -2.28. The van der Waals surface area contributed by atoms with Crippen LogP contribution in [-0.2, 0) is 11.2 Å². The van der Waals surface area contributed by atoms with Gasteiger partial charge in [-0.2, -0.15) is 0 Å². The van der Waals surface area contributed by atoms with Gasteiger partial charge in [-0.05, 0) is 56.6 Å². The minimum absolute atomic E-state index is 0.790. The number of benzene rings is 6. The molecule has 0 aromatic heterocycles. The number of hydrogen-bond acceptors (Lipinski definition) is 2. The van der Waals surface area contributed by atoms with Crippen LogP contribution in [0.3, 0.4) is 0 Å². The van der Waals surface area contributed by atoms with Crippen LogP contribution in [0.15, 0.2) is 170 Å². The maximum atomic E-state index is 12.2. The molecule has 0 unspecified atom stereocenters.